The lowest BCUT2D eigenvalue weighted by molar-refractivity contribution is -0.148. The van der Waals surface area contributed by atoms with Crippen molar-refractivity contribution in [1.29, 1.82) is 0 Å². The molecule has 0 unspecified atom stereocenters. The third kappa shape index (κ3) is 5.84. The van der Waals surface area contributed by atoms with Crippen molar-refractivity contribution < 1.29 is 14.3 Å². The molecule has 0 radical (unpaired) electrons. The minimum absolute atomic E-state index is 0.138. The number of hydrogen-bond donors (Lipinski definition) is 0. The third-order valence-electron chi connectivity index (χ3n) is 2.67. The summed E-state index contributed by atoms with van der Waals surface area (Å²) in [5.74, 6) is -0.500. The number of esters is 1. The van der Waals surface area contributed by atoms with Crippen molar-refractivity contribution in [2.75, 3.05) is 19.7 Å². The van der Waals surface area contributed by atoms with Gasteiger partial charge in [0.05, 0.1) is 0 Å². The van der Waals surface area contributed by atoms with E-state index in [0.717, 1.165) is 12.8 Å². The van der Waals surface area contributed by atoms with Crippen LogP contribution in [0.2, 0.25) is 0 Å². The summed E-state index contributed by atoms with van der Waals surface area (Å²) in [6, 6.07) is 0. The highest BCUT2D eigenvalue weighted by atomic mass is 16.5. The number of likely N-dealkylation sites (N-methyl/N-ethyl adjacent to an activating group) is 1. The van der Waals surface area contributed by atoms with Crippen LogP contribution >= 0.6 is 0 Å². The molecule has 4 heteroatoms. The number of nitrogens with zero attached hydrogens (tertiary/aromatic N) is 1. The lowest BCUT2D eigenvalue weighted by atomic mass is 10.1. The zero-order valence-electron chi connectivity index (χ0n) is 12.0. The Labute approximate surface area is 110 Å². The van der Waals surface area contributed by atoms with Crippen molar-refractivity contribution in [1.82, 2.24) is 4.90 Å². The second kappa shape index (κ2) is 9.68. The van der Waals surface area contributed by atoms with Gasteiger partial charge in [0.1, 0.15) is 0 Å². The Hall–Kier alpha value is -1.32. The molecule has 0 fully saturated rings. The first-order chi connectivity index (χ1) is 8.60. The predicted molar refractivity (Wildman–Crippen MR) is 72.2 cm³/mol. The minimum atomic E-state index is -0.362. The van der Waals surface area contributed by atoms with Crippen molar-refractivity contribution in [3.8, 4) is 0 Å². The molecule has 18 heavy (non-hydrogen) atoms. The smallest absolute Gasteiger partial charge is 0.334 e. The number of rotatable bonds is 8. The fourth-order valence-corrected chi connectivity index (χ4v) is 1.69. The Morgan fingerprint density at radius 2 is 1.72 bits per heavy atom. The molecule has 0 aliphatic rings. The molecule has 104 valence electrons. The largest absolute Gasteiger partial charge is 0.452 e. The molecule has 0 aromatic carbocycles. The molecule has 0 aromatic heterocycles. The van der Waals surface area contributed by atoms with Crippen molar-refractivity contribution in [2.45, 2.75) is 47.0 Å². The van der Waals surface area contributed by atoms with E-state index in [1.165, 1.54) is 0 Å². The summed E-state index contributed by atoms with van der Waals surface area (Å²) in [7, 11) is 0. The number of ether oxygens (including phenoxy) is 1. The minimum Gasteiger partial charge on any atom is -0.452 e. The van der Waals surface area contributed by atoms with Crippen molar-refractivity contribution in [3.05, 3.63) is 11.6 Å². The van der Waals surface area contributed by atoms with Gasteiger partial charge in [-0.05, 0) is 26.7 Å². The molecule has 0 aliphatic heterocycles. The van der Waals surface area contributed by atoms with Gasteiger partial charge in [-0.2, -0.15) is 0 Å². The van der Waals surface area contributed by atoms with E-state index in [4.69, 9.17) is 4.74 Å². The summed E-state index contributed by atoms with van der Waals surface area (Å²) >= 11 is 0. The van der Waals surface area contributed by atoms with Gasteiger partial charge in [-0.15, -0.1) is 0 Å². The van der Waals surface area contributed by atoms with Crippen LogP contribution in [0.1, 0.15) is 47.0 Å². The molecule has 0 aliphatic carbocycles. The van der Waals surface area contributed by atoms with Crippen LogP contribution in [0.5, 0.6) is 0 Å². The van der Waals surface area contributed by atoms with Gasteiger partial charge in [-0.25, -0.2) is 4.79 Å². The maximum absolute atomic E-state index is 11.8. The Bertz CT molecular complexity index is 293. The fraction of sp³-hybridized carbons (Fsp3) is 0.714. The first-order valence-electron chi connectivity index (χ1n) is 6.74. The zero-order chi connectivity index (χ0) is 14.0. The Kier molecular flexibility index (Phi) is 8.97. The lowest BCUT2D eigenvalue weighted by Gasteiger charge is -2.18. The van der Waals surface area contributed by atoms with E-state index in [0.29, 0.717) is 25.1 Å². The van der Waals surface area contributed by atoms with E-state index in [1.807, 2.05) is 33.8 Å². The first-order valence-corrected chi connectivity index (χ1v) is 6.74. The molecule has 0 heterocycles. The van der Waals surface area contributed by atoms with Crippen LogP contribution in [0.3, 0.4) is 0 Å². The van der Waals surface area contributed by atoms with E-state index in [1.54, 1.807) is 4.90 Å². The van der Waals surface area contributed by atoms with Crippen LogP contribution in [0.15, 0.2) is 11.6 Å². The van der Waals surface area contributed by atoms with E-state index in [2.05, 4.69) is 0 Å². The molecule has 0 bridgehead atoms. The van der Waals surface area contributed by atoms with Crippen LogP contribution in [0.4, 0.5) is 0 Å². The number of carbonyl (C=O) groups excluding carboxylic acids is 2. The zero-order valence-corrected chi connectivity index (χ0v) is 12.0. The molecule has 0 spiro atoms. The standard InChI is InChI=1S/C14H25NO3/c1-5-9-12(10-6-2)14(17)18-11-13(16)15(7-3)8-4/h9H,5-8,10-11H2,1-4H3/b12-9+. The molecular weight excluding hydrogens is 230 g/mol. The Morgan fingerprint density at radius 1 is 1.11 bits per heavy atom. The van der Waals surface area contributed by atoms with Crippen LogP contribution in [-0.4, -0.2) is 36.5 Å². The van der Waals surface area contributed by atoms with Gasteiger partial charge < -0.3 is 9.64 Å². The third-order valence-corrected chi connectivity index (χ3v) is 2.67. The van der Waals surface area contributed by atoms with Gasteiger partial charge in [-0.1, -0.05) is 26.3 Å². The summed E-state index contributed by atoms with van der Waals surface area (Å²) in [4.78, 5) is 25.1. The average Bonchev–Trinajstić information content (AvgIpc) is 2.37. The number of hydrogen-bond acceptors (Lipinski definition) is 3. The summed E-state index contributed by atoms with van der Waals surface area (Å²) < 4.78 is 5.06. The first kappa shape index (κ1) is 16.7. The molecule has 0 saturated heterocycles. The van der Waals surface area contributed by atoms with E-state index in [9.17, 15) is 9.59 Å². The molecule has 0 atom stereocenters. The number of amides is 1. The van der Waals surface area contributed by atoms with Gasteiger partial charge in [-0.3, -0.25) is 4.79 Å². The van der Waals surface area contributed by atoms with Gasteiger partial charge in [0.2, 0.25) is 0 Å². The topological polar surface area (TPSA) is 46.6 Å². The average molecular weight is 255 g/mol. The summed E-state index contributed by atoms with van der Waals surface area (Å²) in [5, 5.41) is 0. The Morgan fingerprint density at radius 3 is 2.17 bits per heavy atom. The van der Waals surface area contributed by atoms with Crippen LogP contribution in [-0.2, 0) is 14.3 Å². The molecule has 4 nitrogen and oxygen atoms in total. The molecule has 0 rings (SSSR count). The molecule has 1 amide bonds. The van der Waals surface area contributed by atoms with Crippen molar-refractivity contribution >= 4 is 11.9 Å². The summed E-state index contributed by atoms with van der Waals surface area (Å²) in [6.07, 6.45) is 4.26. The maximum atomic E-state index is 11.8. The highest BCUT2D eigenvalue weighted by molar-refractivity contribution is 5.90. The van der Waals surface area contributed by atoms with E-state index < -0.39 is 0 Å². The second-order valence-electron chi connectivity index (χ2n) is 4.03. The monoisotopic (exact) mass is 255 g/mol. The van der Waals surface area contributed by atoms with Crippen LogP contribution in [0.25, 0.3) is 0 Å². The molecule has 0 aromatic rings. The normalized spacial score (nSPS) is 11.2. The number of allylic oxidation sites excluding steroid dienone is 1. The summed E-state index contributed by atoms with van der Waals surface area (Å²) in [6.45, 7) is 8.91. The highest BCUT2D eigenvalue weighted by Crippen LogP contribution is 2.08. The van der Waals surface area contributed by atoms with Gasteiger partial charge in [0.15, 0.2) is 6.61 Å². The predicted octanol–water partition coefficient (Wildman–Crippen LogP) is 2.53. The van der Waals surface area contributed by atoms with Gasteiger partial charge in [0, 0.05) is 18.7 Å². The molecule has 0 N–H and O–H groups in total. The van der Waals surface area contributed by atoms with Gasteiger partial charge >= 0.3 is 5.97 Å². The van der Waals surface area contributed by atoms with E-state index >= 15 is 0 Å². The molecule has 0 saturated carbocycles. The highest BCUT2D eigenvalue weighted by Gasteiger charge is 2.14. The molecular formula is C14H25NO3. The van der Waals surface area contributed by atoms with Gasteiger partial charge in [0.25, 0.3) is 5.91 Å². The fourth-order valence-electron chi connectivity index (χ4n) is 1.69. The SMILES string of the molecule is CC/C=C(\CCC)C(=O)OCC(=O)N(CC)CC. The lowest BCUT2D eigenvalue weighted by Crippen LogP contribution is -2.34. The summed E-state index contributed by atoms with van der Waals surface area (Å²) in [5.41, 5.74) is 0.673. The Balaban J connectivity index is 4.31. The quantitative estimate of drug-likeness (QED) is 0.494. The maximum Gasteiger partial charge on any atom is 0.334 e. The van der Waals surface area contributed by atoms with Crippen molar-refractivity contribution in [2.24, 2.45) is 0 Å². The number of carbonyl (C=O) groups is 2. The van der Waals surface area contributed by atoms with E-state index in [-0.39, 0.29) is 18.5 Å². The van der Waals surface area contributed by atoms with Crippen LogP contribution < -0.4 is 0 Å². The van der Waals surface area contributed by atoms with Crippen molar-refractivity contribution in [3.63, 3.8) is 0 Å². The second-order valence-corrected chi connectivity index (χ2v) is 4.03. The van der Waals surface area contributed by atoms with Crippen LogP contribution in [0, 0.1) is 0 Å².